The Hall–Kier alpha value is -2.18. The van der Waals surface area contributed by atoms with Crippen LogP contribution < -0.4 is 11.5 Å². The third-order valence-electron chi connectivity index (χ3n) is 1.49. The first kappa shape index (κ1) is 9.90. The minimum atomic E-state index is -1.34. The van der Waals surface area contributed by atoms with Gasteiger partial charge in [-0.05, 0) is 0 Å². The predicted octanol–water partition coefficient (Wildman–Crippen LogP) is -0.458. The number of rotatable bonds is 2. The van der Waals surface area contributed by atoms with Crippen LogP contribution in [0.15, 0.2) is 0 Å². The van der Waals surface area contributed by atoms with Crippen LogP contribution >= 0.6 is 0 Å². The molecular weight excluding hydrogens is 188 g/mol. The number of ketones is 1. The van der Waals surface area contributed by atoms with E-state index in [2.05, 4.69) is 9.97 Å². The van der Waals surface area contributed by atoms with Gasteiger partial charge in [0, 0.05) is 6.92 Å². The van der Waals surface area contributed by atoms with Gasteiger partial charge in [0.2, 0.25) is 0 Å². The van der Waals surface area contributed by atoms with Gasteiger partial charge in [0.15, 0.2) is 28.8 Å². The summed E-state index contributed by atoms with van der Waals surface area (Å²) in [6.07, 6.45) is 0. The van der Waals surface area contributed by atoms with Crippen molar-refractivity contribution in [1.82, 2.24) is 9.97 Å². The fraction of sp³-hybridized carbons (Fsp3) is 0.143. The van der Waals surface area contributed by atoms with E-state index in [-0.39, 0.29) is 17.3 Å². The molecule has 0 aliphatic carbocycles. The molecule has 1 aromatic rings. The fourth-order valence-corrected chi connectivity index (χ4v) is 0.878. The number of aromatic nitrogens is 2. The topological polar surface area (TPSA) is 132 Å². The van der Waals surface area contributed by atoms with Gasteiger partial charge < -0.3 is 16.6 Å². The molecule has 1 rings (SSSR count). The van der Waals surface area contributed by atoms with E-state index >= 15 is 0 Å². The van der Waals surface area contributed by atoms with Crippen molar-refractivity contribution in [3.63, 3.8) is 0 Å². The standard InChI is InChI=1S/C7H8N4O3/c1-2(12)3-5(8)11-4(7(13)14)6(9)10-3/h1H3,(H2,8,11)(H2,9,10)(H,13,14). The second-order valence-corrected chi connectivity index (χ2v) is 2.55. The maximum atomic E-state index is 10.9. The second-order valence-electron chi connectivity index (χ2n) is 2.55. The Morgan fingerprint density at radius 3 is 2.00 bits per heavy atom. The van der Waals surface area contributed by atoms with Gasteiger partial charge in [-0.15, -0.1) is 0 Å². The highest BCUT2D eigenvalue weighted by atomic mass is 16.4. The van der Waals surface area contributed by atoms with Crippen LogP contribution in [0, 0.1) is 0 Å². The summed E-state index contributed by atoms with van der Waals surface area (Å²) < 4.78 is 0. The number of hydrogen-bond donors (Lipinski definition) is 3. The van der Waals surface area contributed by atoms with Gasteiger partial charge in [0.25, 0.3) is 0 Å². The first-order valence-electron chi connectivity index (χ1n) is 3.60. The maximum Gasteiger partial charge on any atom is 0.358 e. The summed E-state index contributed by atoms with van der Waals surface area (Å²) in [5.41, 5.74) is 10.0. The van der Waals surface area contributed by atoms with Crippen LogP contribution in [0.25, 0.3) is 0 Å². The summed E-state index contributed by atoms with van der Waals surface area (Å²) in [6.45, 7) is 1.24. The van der Waals surface area contributed by atoms with Crippen LogP contribution in [0.3, 0.4) is 0 Å². The smallest absolute Gasteiger partial charge is 0.358 e. The molecule has 0 aliphatic rings. The fourth-order valence-electron chi connectivity index (χ4n) is 0.878. The Kier molecular flexibility index (Phi) is 2.32. The van der Waals surface area contributed by atoms with Crippen LogP contribution in [0.1, 0.15) is 27.9 Å². The van der Waals surface area contributed by atoms with Gasteiger partial charge >= 0.3 is 5.97 Å². The van der Waals surface area contributed by atoms with Crippen molar-refractivity contribution in [3.05, 3.63) is 11.4 Å². The molecule has 0 atom stereocenters. The van der Waals surface area contributed by atoms with Crippen molar-refractivity contribution in [3.8, 4) is 0 Å². The molecule has 1 heterocycles. The quantitative estimate of drug-likeness (QED) is 0.545. The van der Waals surface area contributed by atoms with Crippen molar-refractivity contribution < 1.29 is 14.7 Å². The molecule has 0 saturated carbocycles. The number of carboxylic acid groups (broad SMARTS) is 1. The molecule has 0 spiro atoms. The summed E-state index contributed by atoms with van der Waals surface area (Å²) in [4.78, 5) is 28.5. The largest absolute Gasteiger partial charge is 0.476 e. The third kappa shape index (κ3) is 1.60. The van der Waals surface area contributed by atoms with Crippen molar-refractivity contribution in [1.29, 1.82) is 0 Å². The van der Waals surface area contributed by atoms with E-state index in [0.29, 0.717) is 0 Å². The molecule has 0 bridgehead atoms. The minimum Gasteiger partial charge on any atom is -0.476 e. The number of aromatic carboxylic acids is 1. The lowest BCUT2D eigenvalue weighted by Crippen LogP contribution is -2.14. The summed E-state index contributed by atoms with van der Waals surface area (Å²) in [5, 5.41) is 8.60. The minimum absolute atomic E-state index is 0.118. The molecule has 0 unspecified atom stereocenters. The third-order valence-corrected chi connectivity index (χ3v) is 1.49. The van der Waals surface area contributed by atoms with Gasteiger partial charge in [-0.1, -0.05) is 0 Å². The van der Waals surface area contributed by atoms with Gasteiger partial charge in [0.1, 0.15) is 0 Å². The van der Waals surface area contributed by atoms with E-state index in [1.807, 2.05) is 0 Å². The first-order valence-corrected chi connectivity index (χ1v) is 3.60. The molecular formula is C7H8N4O3. The molecule has 0 aromatic carbocycles. The highest BCUT2D eigenvalue weighted by Gasteiger charge is 2.17. The molecule has 7 heteroatoms. The van der Waals surface area contributed by atoms with Crippen molar-refractivity contribution in [2.75, 3.05) is 11.5 Å². The van der Waals surface area contributed by atoms with Crippen LogP contribution in [-0.4, -0.2) is 26.8 Å². The summed E-state index contributed by atoms with van der Waals surface area (Å²) in [6, 6.07) is 0. The number of carbonyl (C=O) groups is 2. The van der Waals surface area contributed by atoms with Gasteiger partial charge in [-0.25, -0.2) is 14.8 Å². The monoisotopic (exact) mass is 196 g/mol. The number of carbonyl (C=O) groups excluding carboxylic acids is 1. The lowest BCUT2D eigenvalue weighted by atomic mass is 10.3. The van der Waals surface area contributed by atoms with E-state index in [1.54, 1.807) is 0 Å². The zero-order chi connectivity index (χ0) is 10.9. The number of nitrogens with two attached hydrogens (primary N) is 2. The summed E-state index contributed by atoms with van der Waals surface area (Å²) in [7, 11) is 0. The van der Waals surface area contributed by atoms with E-state index in [4.69, 9.17) is 16.6 Å². The summed E-state index contributed by atoms with van der Waals surface area (Å²) in [5.74, 6) is -2.31. The van der Waals surface area contributed by atoms with E-state index in [9.17, 15) is 9.59 Å². The van der Waals surface area contributed by atoms with E-state index in [1.165, 1.54) is 6.92 Å². The molecule has 7 nitrogen and oxygen atoms in total. The number of hydrogen-bond acceptors (Lipinski definition) is 6. The predicted molar refractivity (Wildman–Crippen MR) is 47.8 cm³/mol. The molecule has 0 amide bonds. The zero-order valence-electron chi connectivity index (χ0n) is 7.31. The summed E-state index contributed by atoms with van der Waals surface area (Å²) >= 11 is 0. The highest BCUT2D eigenvalue weighted by Crippen LogP contribution is 2.13. The molecule has 0 fully saturated rings. The number of carboxylic acids is 1. The van der Waals surface area contributed by atoms with Gasteiger partial charge in [-0.2, -0.15) is 0 Å². The van der Waals surface area contributed by atoms with Crippen molar-refractivity contribution >= 4 is 23.4 Å². The Balaban J connectivity index is 3.38. The number of Topliss-reactive ketones (excluding diaryl/α,β-unsaturated/α-hetero) is 1. The van der Waals surface area contributed by atoms with E-state index in [0.717, 1.165) is 0 Å². The molecule has 14 heavy (non-hydrogen) atoms. The lowest BCUT2D eigenvalue weighted by molar-refractivity contribution is 0.0691. The Bertz CT molecular complexity index is 376. The van der Waals surface area contributed by atoms with Crippen LogP contribution in [0.5, 0.6) is 0 Å². The Labute approximate surface area is 78.8 Å². The van der Waals surface area contributed by atoms with Crippen LogP contribution in [0.2, 0.25) is 0 Å². The molecule has 0 radical (unpaired) electrons. The number of nitrogens with zero attached hydrogens (tertiary/aromatic N) is 2. The number of nitrogen functional groups attached to an aromatic ring is 2. The normalized spacial score (nSPS) is 9.79. The average Bonchev–Trinajstić information content (AvgIpc) is 2.07. The van der Waals surface area contributed by atoms with E-state index < -0.39 is 17.4 Å². The molecule has 1 aromatic heterocycles. The molecule has 74 valence electrons. The Morgan fingerprint density at radius 2 is 1.57 bits per heavy atom. The highest BCUT2D eigenvalue weighted by molar-refractivity contribution is 5.98. The average molecular weight is 196 g/mol. The van der Waals surface area contributed by atoms with Crippen molar-refractivity contribution in [2.45, 2.75) is 6.92 Å². The molecule has 5 N–H and O–H groups in total. The number of anilines is 2. The zero-order valence-corrected chi connectivity index (χ0v) is 7.31. The van der Waals surface area contributed by atoms with Crippen LogP contribution in [-0.2, 0) is 0 Å². The van der Waals surface area contributed by atoms with Gasteiger partial charge in [-0.3, -0.25) is 4.79 Å². The van der Waals surface area contributed by atoms with Gasteiger partial charge in [0.05, 0.1) is 0 Å². The lowest BCUT2D eigenvalue weighted by Gasteiger charge is -2.03. The van der Waals surface area contributed by atoms with Crippen molar-refractivity contribution in [2.24, 2.45) is 0 Å². The Morgan fingerprint density at radius 1 is 1.14 bits per heavy atom. The molecule has 0 aliphatic heterocycles. The first-order chi connectivity index (χ1) is 6.43. The van der Waals surface area contributed by atoms with Crippen LogP contribution in [0.4, 0.5) is 11.6 Å². The second kappa shape index (κ2) is 3.29. The maximum absolute atomic E-state index is 10.9. The molecule has 0 saturated heterocycles. The SMILES string of the molecule is CC(=O)c1nc(N)c(C(=O)O)nc1N.